The molecule has 19 heteroatoms. The van der Waals surface area contributed by atoms with Gasteiger partial charge in [0.25, 0.3) is 0 Å². The summed E-state index contributed by atoms with van der Waals surface area (Å²) >= 11 is 1.45. The van der Waals surface area contributed by atoms with E-state index in [1.165, 1.54) is 20.5 Å². The quantitative estimate of drug-likeness (QED) is 0.158. The van der Waals surface area contributed by atoms with Crippen LogP contribution in [0.25, 0.3) is 22.3 Å². The smallest absolute Gasteiger partial charge is 0.330 e. The average Bonchev–Trinajstić information content (AvgIpc) is 3.49. The Kier molecular flexibility index (Phi) is 13.6. The molecule has 2 saturated heterocycles. The number of carbonyl (C=O) groups is 4. The Bertz CT molecular complexity index is 2350. The molecule has 3 aliphatic heterocycles. The number of pyridine rings is 1. The molecular formula is C44H60N8O9S2. The first-order valence-electron chi connectivity index (χ1n) is 21.8. The molecule has 4 amide bonds. The monoisotopic (exact) mass is 908 g/mol. The fraction of sp³-hybridized carbons (Fsp3) is 0.591. The first kappa shape index (κ1) is 46.0. The Morgan fingerprint density at radius 3 is 2.59 bits per heavy atom. The van der Waals surface area contributed by atoms with Crippen molar-refractivity contribution >= 4 is 61.2 Å². The van der Waals surface area contributed by atoms with E-state index in [1.54, 1.807) is 25.3 Å². The molecule has 342 valence electrons. The third-order valence-electron chi connectivity index (χ3n) is 12.3. The van der Waals surface area contributed by atoms with Crippen molar-refractivity contribution in [1.29, 1.82) is 0 Å². The number of methoxy groups -OCH3 is 1. The van der Waals surface area contributed by atoms with Crippen molar-refractivity contribution in [2.75, 3.05) is 37.8 Å². The highest BCUT2D eigenvalue weighted by molar-refractivity contribution is 7.89. The van der Waals surface area contributed by atoms with Crippen molar-refractivity contribution in [1.82, 2.24) is 35.1 Å². The highest BCUT2D eigenvalue weighted by atomic mass is 32.2. The van der Waals surface area contributed by atoms with Gasteiger partial charge >= 0.3 is 12.0 Å². The molecule has 0 bridgehead atoms. The van der Waals surface area contributed by atoms with Gasteiger partial charge in [0.1, 0.15) is 40.9 Å². The van der Waals surface area contributed by atoms with Crippen molar-refractivity contribution in [3.05, 3.63) is 41.8 Å². The third kappa shape index (κ3) is 10.5. The molecule has 5 N–H and O–H groups in total. The number of sulfonamides is 1. The summed E-state index contributed by atoms with van der Waals surface area (Å²) in [6, 6.07) is 3.97. The van der Waals surface area contributed by atoms with Gasteiger partial charge in [-0.3, -0.25) is 9.59 Å². The number of thiazole rings is 1. The van der Waals surface area contributed by atoms with Gasteiger partial charge in [0.15, 0.2) is 5.13 Å². The number of aliphatic carboxylic acids is 1. The minimum atomic E-state index is -3.44. The Balaban J connectivity index is 1.19. The Labute approximate surface area is 372 Å². The van der Waals surface area contributed by atoms with Crippen LogP contribution in [-0.2, 0) is 24.4 Å². The number of nitrogens with one attached hydrogen (secondary N) is 4. The average molecular weight is 909 g/mol. The number of urea groups is 1. The van der Waals surface area contributed by atoms with E-state index in [0.29, 0.717) is 59.6 Å². The molecule has 2 aromatic heterocycles. The third-order valence-corrected chi connectivity index (χ3v) is 15.0. The Morgan fingerprint density at radius 1 is 1.10 bits per heavy atom. The lowest BCUT2D eigenvalue weighted by Crippen LogP contribution is -2.59. The summed E-state index contributed by atoms with van der Waals surface area (Å²) in [5.74, 6) is -1.58. The van der Waals surface area contributed by atoms with E-state index in [0.717, 1.165) is 18.0 Å². The molecule has 2 unspecified atom stereocenters. The van der Waals surface area contributed by atoms with Crippen molar-refractivity contribution in [2.45, 2.75) is 122 Å². The number of rotatable bonds is 11. The molecule has 7 rings (SSSR count). The highest BCUT2D eigenvalue weighted by Crippen LogP contribution is 2.45. The second kappa shape index (κ2) is 18.6. The van der Waals surface area contributed by atoms with Gasteiger partial charge in [-0.2, -0.15) is 4.31 Å². The number of anilines is 1. The molecule has 6 atom stereocenters. The lowest BCUT2D eigenvalue weighted by Gasteiger charge is -2.35. The van der Waals surface area contributed by atoms with E-state index in [-0.39, 0.29) is 44.1 Å². The van der Waals surface area contributed by atoms with Crippen LogP contribution in [0.5, 0.6) is 11.5 Å². The molecule has 17 nitrogen and oxygen atoms in total. The van der Waals surface area contributed by atoms with E-state index in [9.17, 15) is 32.7 Å². The number of fused-ring (bicyclic) bond motifs is 3. The van der Waals surface area contributed by atoms with E-state index >= 15 is 0 Å². The van der Waals surface area contributed by atoms with Gasteiger partial charge in [-0.15, -0.1) is 11.3 Å². The number of carboxylic acids is 1. The SMILES string of the molecule is COc1ccc2c(O[C@@H]3C[C@H]4C(=O)N[C@]5(C(=O)O)CC5/C=C\CCCCC[C@H](NC(=O)NC(CN5CCCS5(=O)=O)C(C)(C)C)C(=O)N4C3)cc(-c3csc(NC(C)C)n3)nc2c1. The summed E-state index contributed by atoms with van der Waals surface area (Å²) in [6.07, 6.45) is 6.94. The van der Waals surface area contributed by atoms with Crippen LogP contribution in [0, 0.1) is 11.3 Å². The fourth-order valence-electron chi connectivity index (χ4n) is 8.56. The molecule has 5 heterocycles. The maximum atomic E-state index is 14.9. The fourth-order valence-corrected chi connectivity index (χ4v) is 10.9. The molecule has 3 fully saturated rings. The van der Waals surface area contributed by atoms with Crippen molar-refractivity contribution < 1.29 is 42.2 Å². The summed E-state index contributed by atoms with van der Waals surface area (Å²) in [6.45, 7) is 10.2. The van der Waals surface area contributed by atoms with Gasteiger partial charge in [-0.05, 0) is 63.5 Å². The molecule has 1 saturated carbocycles. The van der Waals surface area contributed by atoms with Crippen LogP contribution in [0.15, 0.2) is 41.8 Å². The van der Waals surface area contributed by atoms with Gasteiger partial charge in [-0.25, -0.2) is 28.0 Å². The predicted molar refractivity (Wildman–Crippen MR) is 240 cm³/mol. The minimum absolute atomic E-state index is 0.0357. The van der Waals surface area contributed by atoms with Gasteiger partial charge < -0.3 is 40.7 Å². The molecular weight excluding hydrogens is 849 g/mol. The second-order valence-electron chi connectivity index (χ2n) is 18.5. The summed E-state index contributed by atoms with van der Waals surface area (Å²) in [5.41, 5.74) is -0.287. The van der Waals surface area contributed by atoms with Crippen molar-refractivity contribution in [3.63, 3.8) is 0 Å². The normalized spacial score (nSPS) is 26.4. The molecule has 0 spiro atoms. The summed E-state index contributed by atoms with van der Waals surface area (Å²) < 4.78 is 39.1. The molecule has 4 aliphatic rings. The number of aromatic nitrogens is 2. The second-order valence-corrected chi connectivity index (χ2v) is 21.4. The minimum Gasteiger partial charge on any atom is -0.497 e. The number of hydrogen-bond acceptors (Lipinski definition) is 12. The summed E-state index contributed by atoms with van der Waals surface area (Å²) in [4.78, 5) is 66.9. The van der Waals surface area contributed by atoms with Crippen LogP contribution in [0.3, 0.4) is 0 Å². The van der Waals surface area contributed by atoms with Gasteiger partial charge in [-0.1, -0.05) is 45.8 Å². The number of allylic oxidation sites excluding steroid dienone is 1. The topological polar surface area (TPSA) is 221 Å². The first-order valence-corrected chi connectivity index (χ1v) is 24.3. The van der Waals surface area contributed by atoms with Crippen molar-refractivity contribution in [3.8, 4) is 22.9 Å². The molecule has 1 aliphatic carbocycles. The first-order chi connectivity index (χ1) is 29.9. The van der Waals surface area contributed by atoms with E-state index in [4.69, 9.17) is 19.4 Å². The van der Waals surface area contributed by atoms with Crippen LogP contribution >= 0.6 is 11.3 Å². The number of benzene rings is 1. The van der Waals surface area contributed by atoms with E-state index in [1.807, 2.05) is 58.2 Å². The van der Waals surface area contributed by atoms with E-state index in [2.05, 4.69) is 21.3 Å². The maximum Gasteiger partial charge on any atom is 0.330 e. The zero-order valence-electron chi connectivity index (χ0n) is 36.8. The summed E-state index contributed by atoms with van der Waals surface area (Å²) in [5, 5.41) is 25.7. The van der Waals surface area contributed by atoms with Crippen LogP contribution in [0.4, 0.5) is 9.93 Å². The molecule has 63 heavy (non-hydrogen) atoms. The lowest BCUT2D eigenvalue weighted by atomic mass is 9.86. The Hall–Kier alpha value is -5.01. The number of hydrogen-bond donors (Lipinski definition) is 5. The van der Waals surface area contributed by atoms with Crippen LogP contribution in [0.1, 0.15) is 86.0 Å². The van der Waals surface area contributed by atoms with Crippen LogP contribution in [0.2, 0.25) is 0 Å². The summed E-state index contributed by atoms with van der Waals surface area (Å²) in [7, 11) is -1.87. The lowest BCUT2D eigenvalue weighted by molar-refractivity contribution is -0.145. The highest BCUT2D eigenvalue weighted by Gasteiger charge is 2.61. The van der Waals surface area contributed by atoms with Crippen LogP contribution in [-0.4, -0.2) is 125 Å². The molecule has 0 radical (unpaired) electrons. The van der Waals surface area contributed by atoms with Crippen LogP contribution < -0.4 is 30.7 Å². The molecule has 3 aromatic rings. The van der Waals surface area contributed by atoms with Gasteiger partial charge in [0, 0.05) is 60.4 Å². The van der Waals surface area contributed by atoms with E-state index < -0.39 is 74.9 Å². The zero-order valence-corrected chi connectivity index (χ0v) is 38.4. The van der Waals surface area contributed by atoms with Gasteiger partial charge in [0.2, 0.25) is 21.8 Å². The number of carboxylic acid groups (broad SMARTS) is 1. The molecule has 1 aromatic carbocycles. The standard InChI is InChI=1S/C44H60N8O9S2/c1-26(2)45-42-48-34(25-62-42)33-21-36(30-16-15-28(60-6)19-32(30)46-33)61-29-20-35-38(53)50-44(40(55)56)22-27(44)13-10-8-7-9-11-14-31(39(54)52(35)23-29)47-41(57)49-37(43(3,4)5)24-51-17-12-18-63(51,58)59/h10,13,15-16,19,21,25-27,29,31,35,37H,7-9,11-12,14,17-18,20,22-24H2,1-6H3,(H,45,48)(H,50,53)(H,55,56)(H2,47,49,57)/b13-10-/t27?,29-,31+,35+,37?,44-/m1/s1. The number of nitrogens with zero attached hydrogens (tertiary/aromatic N) is 4. The maximum absolute atomic E-state index is 14.9. The zero-order chi connectivity index (χ0) is 45.3. The number of carbonyl (C=O) groups excluding carboxylic acids is 3. The Morgan fingerprint density at radius 2 is 1.89 bits per heavy atom. The number of amides is 4. The largest absolute Gasteiger partial charge is 0.497 e. The van der Waals surface area contributed by atoms with Crippen molar-refractivity contribution in [2.24, 2.45) is 11.3 Å². The number of ether oxygens (including phenoxy) is 2. The predicted octanol–water partition coefficient (Wildman–Crippen LogP) is 5.13. The van der Waals surface area contributed by atoms with Gasteiger partial charge in [0.05, 0.1) is 30.6 Å².